The third-order valence-corrected chi connectivity index (χ3v) is 4.97. The van der Waals surface area contributed by atoms with Gasteiger partial charge in [-0.1, -0.05) is 16.8 Å². The van der Waals surface area contributed by atoms with E-state index in [9.17, 15) is 9.59 Å². The number of halogens is 1. The van der Waals surface area contributed by atoms with Gasteiger partial charge in [-0.3, -0.25) is 14.6 Å². The number of hydrogen-bond donors (Lipinski definition) is 1. The number of hydrogen-bond acceptors (Lipinski definition) is 5. The van der Waals surface area contributed by atoms with E-state index in [0.717, 1.165) is 0 Å². The Hall–Kier alpha value is -2.93. The third-order valence-electron chi connectivity index (χ3n) is 4.72. The van der Waals surface area contributed by atoms with Gasteiger partial charge in [0, 0.05) is 36.2 Å². The highest BCUT2D eigenvalue weighted by Gasteiger charge is 2.48. The molecule has 0 saturated carbocycles. The van der Waals surface area contributed by atoms with Gasteiger partial charge in [-0.2, -0.15) is 0 Å². The molecular formula is C19H17ClN4O3. The van der Waals surface area contributed by atoms with E-state index >= 15 is 0 Å². The summed E-state index contributed by atoms with van der Waals surface area (Å²) in [5, 5.41) is 7.31. The zero-order valence-corrected chi connectivity index (χ0v) is 15.1. The standard InChI is InChI=1S/C19H17ClN4O3/c20-14-5-3-13(4-6-14)18(26)24-9-7-19(12-24)10-16(23-27-19)17(25)22-15-2-1-8-21-11-15/h1-6,8,11H,7,9-10,12H2,(H,22,25)/t19-/m1/s1. The Kier molecular flexibility index (Phi) is 4.53. The van der Waals surface area contributed by atoms with E-state index in [0.29, 0.717) is 47.9 Å². The molecule has 3 heterocycles. The minimum atomic E-state index is -0.635. The van der Waals surface area contributed by atoms with Gasteiger partial charge in [0.1, 0.15) is 5.71 Å². The van der Waals surface area contributed by atoms with Gasteiger partial charge in [0.05, 0.1) is 18.4 Å². The van der Waals surface area contributed by atoms with E-state index < -0.39 is 5.60 Å². The molecule has 2 aromatic rings. The maximum atomic E-state index is 12.7. The fourth-order valence-electron chi connectivity index (χ4n) is 3.30. The molecule has 1 aromatic heterocycles. The van der Waals surface area contributed by atoms with Gasteiger partial charge in [0.2, 0.25) is 0 Å². The zero-order chi connectivity index (χ0) is 18.9. The summed E-state index contributed by atoms with van der Waals surface area (Å²) in [4.78, 5) is 36.3. The number of rotatable bonds is 3. The molecule has 2 aliphatic rings. The predicted octanol–water partition coefficient (Wildman–Crippen LogP) is 2.73. The monoisotopic (exact) mass is 384 g/mol. The number of carbonyl (C=O) groups excluding carboxylic acids is 2. The van der Waals surface area contributed by atoms with Crippen LogP contribution in [0.15, 0.2) is 53.9 Å². The molecule has 27 heavy (non-hydrogen) atoms. The summed E-state index contributed by atoms with van der Waals surface area (Å²) in [5.41, 5.74) is 0.852. The second-order valence-electron chi connectivity index (χ2n) is 6.67. The fourth-order valence-corrected chi connectivity index (χ4v) is 3.42. The molecule has 1 saturated heterocycles. The van der Waals surface area contributed by atoms with Crippen LogP contribution in [0.5, 0.6) is 0 Å². The number of pyridine rings is 1. The fraction of sp³-hybridized carbons (Fsp3) is 0.263. The third kappa shape index (κ3) is 3.64. The first-order valence-corrected chi connectivity index (χ1v) is 8.94. The van der Waals surface area contributed by atoms with E-state index in [-0.39, 0.29) is 11.8 Å². The maximum absolute atomic E-state index is 12.7. The zero-order valence-electron chi connectivity index (χ0n) is 14.4. The van der Waals surface area contributed by atoms with E-state index in [1.165, 1.54) is 0 Å². The molecule has 1 aromatic carbocycles. The minimum Gasteiger partial charge on any atom is -0.386 e. The Balaban J connectivity index is 1.38. The Morgan fingerprint density at radius 1 is 1.22 bits per heavy atom. The Labute approximate surface area is 161 Å². The van der Waals surface area contributed by atoms with Crippen LogP contribution in [0.3, 0.4) is 0 Å². The van der Waals surface area contributed by atoms with Gasteiger partial charge in [0.15, 0.2) is 5.60 Å². The van der Waals surface area contributed by atoms with Crippen LogP contribution in [0.25, 0.3) is 0 Å². The van der Waals surface area contributed by atoms with Crippen molar-refractivity contribution in [1.82, 2.24) is 9.88 Å². The van der Waals surface area contributed by atoms with Crippen LogP contribution in [0, 0.1) is 0 Å². The maximum Gasteiger partial charge on any atom is 0.273 e. The number of nitrogens with zero attached hydrogens (tertiary/aromatic N) is 3. The lowest BCUT2D eigenvalue weighted by Gasteiger charge is -2.21. The summed E-state index contributed by atoms with van der Waals surface area (Å²) in [6.45, 7) is 0.941. The van der Waals surface area contributed by atoms with Gasteiger partial charge >= 0.3 is 0 Å². The van der Waals surface area contributed by atoms with Crippen molar-refractivity contribution >= 4 is 34.8 Å². The average Bonchev–Trinajstić information content (AvgIpc) is 3.30. The molecule has 1 fully saturated rings. The molecule has 0 unspecified atom stereocenters. The minimum absolute atomic E-state index is 0.0830. The van der Waals surface area contributed by atoms with Crippen molar-refractivity contribution in [2.24, 2.45) is 5.16 Å². The van der Waals surface area contributed by atoms with Crippen molar-refractivity contribution in [3.05, 3.63) is 59.4 Å². The van der Waals surface area contributed by atoms with Gasteiger partial charge < -0.3 is 15.1 Å². The SMILES string of the molecule is O=C(Nc1cccnc1)C1=NO[C@]2(CCN(C(=O)c3ccc(Cl)cc3)C2)C1. The molecule has 2 amide bonds. The molecule has 0 bridgehead atoms. The van der Waals surface area contributed by atoms with E-state index in [2.05, 4.69) is 15.5 Å². The van der Waals surface area contributed by atoms with Gasteiger partial charge in [-0.15, -0.1) is 0 Å². The Bertz CT molecular complexity index is 901. The molecule has 1 spiro atoms. The number of aromatic nitrogens is 1. The first-order valence-electron chi connectivity index (χ1n) is 8.56. The summed E-state index contributed by atoms with van der Waals surface area (Å²) < 4.78 is 0. The van der Waals surface area contributed by atoms with E-state index in [4.69, 9.17) is 16.4 Å². The quantitative estimate of drug-likeness (QED) is 0.881. The van der Waals surface area contributed by atoms with Crippen molar-refractivity contribution in [1.29, 1.82) is 0 Å². The van der Waals surface area contributed by atoms with Crippen LogP contribution in [0.1, 0.15) is 23.2 Å². The van der Waals surface area contributed by atoms with Gasteiger partial charge in [-0.05, 0) is 36.4 Å². The molecule has 2 aliphatic heterocycles. The van der Waals surface area contributed by atoms with E-state index in [1.54, 1.807) is 53.7 Å². The smallest absolute Gasteiger partial charge is 0.273 e. The van der Waals surface area contributed by atoms with Gasteiger partial charge in [-0.25, -0.2) is 0 Å². The van der Waals surface area contributed by atoms with Crippen molar-refractivity contribution in [3.8, 4) is 0 Å². The highest BCUT2D eigenvalue weighted by molar-refractivity contribution is 6.43. The molecule has 7 nitrogen and oxygen atoms in total. The molecule has 8 heteroatoms. The molecule has 1 N–H and O–H groups in total. The topological polar surface area (TPSA) is 83.9 Å². The Morgan fingerprint density at radius 2 is 2.04 bits per heavy atom. The normalized spacial score (nSPS) is 21.1. The lowest BCUT2D eigenvalue weighted by atomic mass is 9.96. The van der Waals surface area contributed by atoms with Crippen LogP contribution in [0.2, 0.25) is 5.02 Å². The highest BCUT2D eigenvalue weighted by Crippen LogP contribution is 2.34. The molecule has 138 valence electrons. The van der Waals surface area contributed by atoms with Crippen molar-refractivity contribution in [3.63, 3.8) is 0 Å². The predicted molar refractivity (Wildman–Crippen MR) is 101 cm³/mol. The summed E-state index contributed by atoms with van der Waals surface area (Å²) in [7, 11) is 0. The summed E-state index contributed by atoms with van der Waals surface area (Å²) in [6.07, 6.45) is 4.18. The number of oxime groups is 1. The number of carbonyl (C=O) groups is 2. The first kappa shape index (κ1) is 17.5. The lowest BCUT2D eigenvalue weighted by molar-refractivity contribution is -0.110. The van der Waals surface area contributed by atoms with Crippen LogP contribution in [-0.4, -0.2) is 46.1 Å². The lowest BCUT2D eigenvalue weighted by Crippen LogP contribution is -2.37. The van der Waals surface area contributed by atoms with E-state index in [1.807, 2.05) is 0 Å². The van der Waals surface area contributed by atoms with Crippen LogP contribution in [0.4, 0.5) is 5.69 Å². The largest absolute Gasteiger partial charge is 0.386 e. The number of benzene rings is 1. The number of likely N-dealkylation sites (tertiary alicyclic amines) is 1. The summed E-state index contributed by atoms with van der Waals surface area (Å²) in [6, 6.07) is 10.3. The Morgan fingerprint density at radius 3 is 2.78 bits per heavy atom. The summed E-state index contributed by atoms with van der Waals surface area (Å²) in [5.74, 6) is -0.400. The molecule has 4 rings (SSSR count). The van der Waals surface area contributed by atoms with Gasteiger partial charge in [0.25, 0.3) is 11.8 Å². The molecule has 0 radical (unpaired) electrons. The first-order chi connectivity index (χ1) is 13.0. The van der Waals surface area contributed by atoms with Crippen LogP contribution >= 0.6 is 11.6 Å². The number of amides is 2. The summed E-state index contributed by atoms with van der Waals surface area (Å²) >= 11 is 5.88. The second-order valence-corrected chi connectivity index (χ2v) is 7.10. The molecule has 0 aliphatic carbocycles. The highest BCUT2D eigenvalue weighted by atomic mass is 35.5. The number of anilines is 1. The van der Waals surface area contributed by atoms with Crippen molar-refractivity contribution in [2.45, 2.75) is 18.4 Å². The van der Waals surface area contributed by atoms with Crippen LogP contribution < -0.4 is 5.32 Å². The van der Waals surface area contributed by atoms with Crippen molar-refractivity contribution < 1.29 is 14.4 Å². The number of nitrogens with one attached hydrogen (secondary N) is 1. The second kappa shape index (κ2) is 7.00. The average molecular weight is 385 g/mol. The van der Waals surface area contributed by atoms with Crippen LogP contribution in [-0.2, 0) is 9.63 Å². The molecular weight excluding hydrogens is 368 g/mol. The molecule has 1 atom stereocenters. The van der Waals surface area contributed by atoms with Crippen molar-refractivity contribution in [2.75, 3.05) is 18.4 Å².